The fourth-order valence-electron chi connectivity index (χ4n) is 2.46. The van der Waals surface area contributed by atoms with Gasteiger partial charge in [-0.15, -0.1) is 0 Å². The molecule has 0 aliphatic carbocycles. The number of carbonyl (C=O) groups excluding carboxylic acids is 1. The zero-order valence-corrected chi connectivity index (χ0v) is 13.1. The molecule has 1 N–H and O–H groups in total. The van der Waals surface area contributed by atoms with Crippen LogP contribution in [0.15, 0.2) is 0 Å². The molecule has 1 saturated heterocycles. The summed E-state index contributed by atoms with van der Waals surface area (Å²) in [5.41, 5.74) is -2.54. The van der Waals surface area contributed by atoms with Crippen LogP contribution in [0.1, 0.15) is 47.5 Å². The third kappa shape index (κ3) is 3.62. The molecule has 1 heterocycles. The van der Waals surface area contributed by atoms with Gasteiger partial charge in [0.25, 0.3) is 0 Å². The van der Waals surface area contributed by atoms with Gasteiger partial charge in [0.05, 0.1) is 12.2 Å². The van der Waals surface area contributed by atoms with Crippen molar-refractivity contribution in [1.29, 1.82) is 0 Å². The summed E-state index contributed by atoms with van der Waals surface area (Å²) in [5.74, 6) is -1.03. The summed E-state index contributed by atoms with van der Waals surface area (Å²) in [5, 5.41) is 9.63. The van der Waals surface area contributed by atoms with Gasteiger partial charge in [0, 0.05) is 19.9 Å². The molecule has 1 atom stereocenters. The fourth-order valence-corrected chi connectivity index (χ4v) is 2.46. The molecule has 6 heteroatoms. The quantitative estimate of drug-likeness (QED) is 0.843. The first-order chi connectivity index (χ1) is 8.90. The highest BCUT2D eigenvalue weighted by Gasteiger charge is 2.52. The summed E-state index contributed by atoms with van der Waals surface area (Å²) in [6, 6.07) is 0. The molecule has 1 rings (SSSR count). The summed E-state index contributed by atoms with van der Waals surface area (Å²) < 4.78 is 10.8. The van der Waals surface area contributed by atoms with Crippen molar-refractivity contribution >= 4 is 12.1 Å². The van der Waals surface area contributed by atoms with Crippen molar-refractivity contribution in [2.45, 2.75) is 64.2 Å². The first-order valence-corrected chi connectivity index (χ1v) is 6.74. The Hall–Kier alpha value is -1.30. The lowest BCUT2D eigenvalue weighted by Gasteiger charge is -2.46. The summed E-state index contributed by atoms with van der Waals surface area (Å²) in [6.45, 7) is 9.20. The molecular weight excluding hydrogens is 262 g/mol. The van der Waals surface area contributed by atoms with E-state index in [9.17, 15) is 14.7 Å². The molecule has 1 amide bonds. The molecule has 1 fully saturated rings. The first kappa shape index (κ1) is 16.8. The van der Waals surface area contributed by atoms with Crippen LogP contribution in [0.5, 0.6) is 0 Å². The zero-order chi connectivity index (χ0) is 15.8. The lowest BCUT2D eigenvalue weighted by atomic mass is 9.80. The van der Waals surface area contributed by atoms with Crippen LogP contribution in [0.2, 0.25) is 0 Å². The predicted molar refractivity (Wildman–Crippen MR) is 73.6 cm³/mol. The molecule has 1 aliphatic heterocycles. The van der Waals surface area contributed by atoms with E-state index in [0.717, 1.165) is 0 Å². The Labute approximate surface area is 120 Å². The summed E-state index contributed by atoms with van der Waals surface area (Å²) >= 11 is 0. The second kappa shape index (κ2) is 5.24. The molecule has 0 aromatic carbocycles. The van der Waals surface area contributed by atoms with E-state index in [2.05, 4.69) is 0 Å². The number of carbonyl (C=O) groups is 2. The smallest absolute Gasteiger partial charge is 0.410 e. The standard InChI is InChI=1S/C14H25NO5/c1-12(2,3)20-11(18)15(6)14(10(16)17)7-8-19-13(4,5)9-14/h7-9H2,1-6H3,(H,16,17). The van der Waals surface area contributed by atoms with Crippen LogP contribution < -0.4 is 0 Å². The van der Waals surface area contributed by atoms with Crippen molar-refractivity contribution in [2.75, 3.05) is 13.7 Å². The molecule has 0 saturated carbocycles. The van der Waals surface area contributed by atoms with Gasteiger partial charge in [0.2, 0.25) is 0 Å². The van der Waals surface area contributed by atoms with Crippen LogP contribution in [-0.4, -0.2) is 52.5 Å². The van der Waals surface area contributed by atoms with Crippen LogP contribution in [-0.2, 0) is 14.3 Å². The van der Waals surface area contributed by atoms with Crippen LogP contribution in [0.3, 0.4) is 0 Å². The summed E-state index contributed by atoms with van der Waals surface area (Å²) in [7, 11) is 1.48. The Morgan fingerprint density at radius 1 is 1.30 bits per heavy atom. The highest BCUT2D eigenvalue weighted by Crippen LogP contribution is 2.36. The van der Waals surface area contributed by atoms with Gasteiger partial charge in [-0.25, -0.2) is 9.59 Å². The van der Waals surface area contributed by atoms with Gasteiger partial charge in [-0.1, -0.05) is 0 Å². The van der Waals surface area contributed by atoms with Crippen molar-refractivity contribution in [3.05, 3.63) is 0 Å². The number of carboxylic acids is 1. The minimum atomic E-state index is -1.29. The highest BCUT2D eigenvalue weighted by atomic mass is 16.6. The maximum Gasteiger partial charge on any atom is 0.410 e. The summed E-state index contributed by atoms with van der Waals surface area (Å²) in [6.07, 6.45) is -0.148. The van der Waals surface area contributed by atoms with Gasteiger partial charge >= 0.3 is 12.1 Å². The van der Waals surface area contributed by atoms with Gasteiger partial charge in [0.15, 0.2) is 0 Å². The molecule has 0 radical (unpaired) electrons. The van der Waals surface area contributed by atoms with Crippen molar-refractivity contribution in [3.63, 3.8) is 0 Å². The van der Waals surface area contributed by atoms with Gasteiger partial charge in [-0.2, -0.15) is 0 Å². The number of rotatable bonds is 2. The minimum Gasteiger partial charge on any atom is -0.479 e. The Balaban J connectivity index is 3.02. The molecule has 116 valence electrons. The van der Waals surface area contributed by atoms with Crippen molar-refractivity contribution in [2.24, 2.45) is 0 Å². The number of nitrogens with zero attached hydrogens (tertiary/aromatic N) is 1. The molecule has 1 unspecified atom stereocenters. The number of amides is 1. The third-order valence-corrected chi connectivity index (χ3v) is 3.43. The lowest BCUT2D eigenvalue weighted by molar-refractivity contribution is -0.169. The highest BCUT2D eigenvalue weighted by molar-refractivity contribution is 5.84. The SMILES string of the molecule is CN(C(=O)OC(C)(C)C)C1(C(=O)O)CCOC(C)(C)C1. The van der Waals surface area contributed by atoms with E-state index in [4.69, 9.17) is 9.47 Å². The van der Waals surface area contributed by atoms with Gasteiger partial charge in [-0.05, 0) is 34.6 Å². The van der Waals surface area contributed by atoms with Gasteiger partial charge in [-0.3, -0.25) is 4.90 Å². The molecule has 6 nitrogen and oxygen atoms in total. The topological polar surface area (TPSA) is 76.1 Å². The van der Waals surface area contributed by atoms with E-state index in [1.165, 1.54) is 11.9 Å². The number of ether oxygens (including phenoxy) is 2. The van der Waals surface area contributed by atoms with Crippen LogP contribution in [0.4, 0.5) is 4.79 Å². The third-order valence-electron chi connectivity index (χ3n) is 3.43. The normalized spacial score (nSPS) is 25.9. The van der Waals surface area contributed by atoms with E-state index in [0.29, 0.717) is 6.61 Å². The van der Waals surface area contributed by atoms with Crippen molar-refractivity contribution in [3.8, 4) is 0 Å². The fraction of sp³-hybridized carbons (Fsp3) is 0.857. The van der Waals surface area contributed by atoms with Gasteiger partial charge in [0.1, 0.15) is 11.1 Å². The van der Waals surface area contributed by atoms with E-state index in [1.807, 2.05) is 13.8 Å². The Morgan fingerprint density at radius 2 is 1.85 bits per heavy atom. The molecule has 0 bridgehead atoms. The van der Waals surface area contributed by atoms with Crippen LogP contribution in [0, 0.1) is 0 Å². The first-order valence-electron chi connectivity index (χ1n) is 6.74. The zero-order valence-electron chi connectivity index (χ0n) is 13.1. The Kier molecular flexibility index (Phi) is 4.39. The molecule has 0 aromatic heterocycles. The molecule has 1 aliphatic rings. The van der Waals surface area contributed by atoms with E-state index < -0.39 is 28.8 Å². The maximum absolute atomic E-state index is 12.2. The monoisotopic (exact) mass is 287 g/mol. The van der Waals surface area contributed by atoms with Crippen molar-refractivity contribution in [1.82, 2.24) is 4.90 Å². The second-order valence-electron chi connectivity index (χ2n) is 6.91. The number of likely N-dealkylation sites (N-methyl/N-ethyl adjacent to an activating group) is 1. The van der Waals surface area contributed by atoms with E-state index >= 15 is 0 Å². The van der Waals surface area contributed by atoms with Gasteiger partial charge < -0.3 is 14.6 Å². The predicted octanol–water partition coefficient (Wildman–Crippen LogP) is 2.27. The number of carboxylic acid groups (broad SMARTS) is 1. The average Bonchev–Trinajstić information content (AvgIpc) is 2.23. The lowest BCUT2D eigenvalue weighted by Crippen LogP contribution is -2.62. The largest absolute Gasteiger partial charge is 0.479 e. The maximum atomic E-state index is 12.2. The molecular formula is C14H25NO5. The average molecular weight is 287 g/mol. The molecule has 0 aromatic rings. The Morgan fingerprint density at radius 3 is 2.25 bits per heavy atom. The Bertz CT molecular complexity index is 399. The van der Waals surface area contributed by atoms with Crippen LogP contribution in [0.25, 0.3) is 0 Å². The van der Waals surface area contributed by atoms with E-state index in [-0.39, 0.29) is 12.8 Å². The number of hydrogen-bond acceptors (Lipinski definition) is 4. The van der Waals surface area contributed by atoms with E-state index in [1.54, 1.807) is 20.8 Å². The number of hydrogen-bond donors (Lipinski definition) is 1. The minimum absolute atomic E-state index is 0.227. The second-order valence-corrected chi connectivity index (χ2v) is 6.91. The molecule has 20 heavy (non-hydrogen) atoms. The molecule has 0 spiro atoms. The summed E-state index contributed by atoms with van der Waals surface area (Å²) in [4.78, 5) is 25.1. The van der Waals surface area contributed by atoms with Crippen molar-refractivity contribution < 1.29 is 24.2 Å². The number of aliphatic carboxylic acids is 1. The van der Waals surface area contributed by atoms with Crippen LogP contribution >= 0.6 is 0 Å².